The summed E-state index contributed by atoms with van der Waals surface area (Å²) < 4.78 is 29.3. The van der Waals surface area contributed by atoms with E-state index in [1.165, 1.54) is 12.4 Å². The quantitative estimate of drug-likeness (QED) is 0.519. The van der Waals surface area contributed by atoms with Crippen LogP contribution in [0.2, 0.25) is 0 Å². The van der Waals surface area contributed by atoms with E-state index in [9.17, 15) is 13.2 Å². The van der Waals surface area contributed by atoms with E-state index in [4.69, 9.17) is 5.73 Å². The molecule has 2 heterocycles. The number of piperidine rings is 1. The van der Waals surface area contributed by atoms with Gasteiger partial charge >= 0.3 is 0 Å². The number of rotatable bonds is 8. The molecule has 1 amide bonds. The van der Waals surface area contributed by atoms with Crippen molar-refractivity contribution in [3.8, 4) is 0 Å². The lowest BCUT2D eigenvalue weighted by atomic mass is 10.1. The van der Waals surface area contributed by atoms with Crippen LogP contribution in [0.25, 0.3) is 10.8 Å². The topological polar surface area (TPSA) is 113 Å². The number of carbonyl (C=O) groups excluding carboxylic acids is 1. The van der Waals surface area contributed by atoms with Gasteiger partial charge in [0.2, 0.25) is 16.0 Å². The highest BCUT2D eigenvalue weighted by atomic mass is 32.2. The van der Waals surface area contributed by atoms with Crippen molar-refractivity contribution >= 4 is 32.7 Å². The Morgan fingerprint density at radius 1 is 1.03 bits per heavy atom. The molecule has 2 unspecified atom stereocenters. The summed E-state index contributed by atoms with van der Waals surface area (Å²) in [5, 5.41) is 1.93. The molecule has 1 aliphatic carbocycles. The summed E-state index contributed by atoms with van der Waals surface area (Å²) in [5.41, 5.74) is 5.53. The fourth-order valence-electron chi connectivity index (χ4n) is 4.89. The number of benzene rings is 2. The SMILES string of the molecule is CN(C)CCN(C1C2CN(c3ncc(C(N)=O)cn3)CC21)S(=O)(=O)c1ccc2ccccc2c1. The highest BCUT2D eigenvalue weighted by molar-refractivity contribution is 7.89. The van der Waals surface area contributed by atoms with Gasteiger partial charge in [-0.2, -0.15) is 4.31 Å². The lowest BCUT2D eigenvalue weighted by molar-refractivity contribution is 0.0999. The second-order valence-electron chi connectivity index (χ2n) is 9.29. The third-order valence-electron chi connectivity index (χ3n) is 6.78. The first-order valence-electron chi connectivity index (χ1n) is 11.3. The van der Waals surface area contributed by atoms with Gasteiger partial charge in [-0.15, -0.1) is 0 Å². The Morgan fingerprint density at radius 2 is 1.68 bits per heavy atom. The molecule has 2 aliphatic rings. The molecule has 2 fully saturated rings. The van der Waals surface area contributed by atoms with Crippen molar-refractivity contribution in [2.75, 3.05) is 45.2 Å². The summed E-state index contributed by atoms with van der Waals surface area (Å²) in [6.45, 7) is 2.43. The van der Waals surface area contributed by atoms with Crippen LogP contribution >= 0.6 is 0 Å². The Kier molecular flexibility index (Phi) is 5.75. The third-order valence-corrected chi connectivity index (χ3v) is 8.68. The van der Waals surface area contributed by atoms with Gasteiger partial charge in [-0.05, 0) is 48.8 Å². The monoisotopic (exact) mass is 480 g/mol. The molecule has 178 valence electrons. The van der Waals surface area contributed by atoms with Crippen molar-refractivity contribution in [1.82, 2.24) is 19.2 Å². The molecule has 2 atom stereocenters. The van der Waals surface area contributed by atoms with Crippen LogP contribution in [0.4, 0.5) is 5.95 Å². The number of anilines is 1. The van der Waals surface area contributed by atoms with E-state index in [0.29, 0.717) is 37.0 Å². The average Bonchev–Trinajstić information content (AvgIpc) is 3.28. The molecule has 0 radical (unpaired) electrons. The number of likely N-dealkylation sites (N-methyl/N-ethyl adjacent to an activating group) is 1. The molecule has 9 nitrogen and oxygen atoms in total. The van der Waals surface area contributed by atoms with Gasteiger partial charge in [0.05, 0.1) is 10.5 Å². The van der Waals surface area contributed by atoms with Gasteiger partial charge in [0.25, 0.3) is 5.91 Å². The summed E-state index contributed by atoms with van der Waals surface area (Å²) in [5.74, 6) is 0.410. The number of nitrogens with two attached hydrogens (primary N) is 1. The molecule has 2 aromatic carbocycles. The number of fused-ring (bicyclic) bond motifs is 2. The van der Waals surface area contributed by atoms with Crippen molar-refractivity contribution < 1.29 is 13.2 Å². The smallest absolute Gasteiger partial charge is 0.251 e. The number of nitrogens with zero attached hydrogens (tertiary/aromatic N) is 5. The average molecular weight is 481 g/mol. The van der Waals surface area contributed by atoms with Crippen molar-refractivity contribution in [2.24, 2.45) is 17.6 Å². The molecule has 3 aromatic rings. The van der Waals surface area contributed by atoms with E-state index in [0.717, 1.165) is 10.8 Å². The summed E-state index contributed by atoms with van der Waals surface area (Å²) in [6.07, 6.45) is 2.86. The first kappa shape index (κ1) is 22.7. The lowest BCUT2D eigenvalue weighted by Crippen LogP contribution is -2.42. The number of hydrogen-bond acceptors (Lipinski definition) is 7. The Morgan fingerprint density at radius 3 is 2.29 bits per heavy atom. The minimum atomic E-state index is -3.66. The molecule has 5 rings (SSSR count). The molecule has 2 N–H and O–H groups in total. The predicted molar refractivity (Wildman–Crippen MR) is 130 cm³/mol. The van der Waals surface area contributed by atoms with Crippen LogP contribution in [-0.2, 0) is 10.0 Å². The number of primary amides is 1. The van der Waals surface area contributed by atoms with E-state index in [1.807, 2.05) is 54.2 Å². The maximum absolute atomic E-state index is 13.8. The first-order chi connectivity index (χ1) is 16.3. The molecule has 1 saturated carbocycles. The van der Waals surface area contributed by atoms with Gasteiger partial charge in [0.15, 0.2) is 0 Å². The van der Waals surface area contributed by atoms with Crippen LogP contribution in [0, 0.1) is 11.8 Å². The fraction of sp³-hybridized carbons (Fsp3) is 0.375. The Hall–Kier alpha value is -3.08. The maximum Gasteiger partial charge on any atom is 0.251 e. The van der Waals surface area contributed by atoms with Gasteiger partial charge in [0, 0.05) is 44.6 Å². The Labute approximate surface area is 199 Å². The number of sulfonamides is 1. The van der Waals surface area contributed by atoms with Crippen LogP contribution in [0.15, 0.2) is 59.8 Å². The summed E-state index contributed by atoms with van der Waals surface area (Å²) in [6, 6.07) is 13.1. The third kappa shape index (κ3) is 4.13. The van der Waals surface area contributed by atoms with Gasteiger partial charge in [-0.1, -0.05) is 30.3 Å². The van der Waals surface area contributed by atoms with E-state index in [1.54, 1.807) is 16.4 Å². The van der Waals surface area contributed by atoms with Gasteiger partial charge in [-0.25, -0.2) is 18.4 Å². The summed E-state index contributed by atoms with van der Waals surface area (Å²) in [7, 11) is 0.237. The van der Waals surface area contributed by atoms with Gasteiger partial charge in [0.1, 0.15) is 0 Å². The molecule has 1 aromatic heterocycles. The molecule has 1 aliphatic heterocycles. The van der Waals surface area contributed by atoms with Crippen molar-refractivity contribution in [3.63, 3.8) is 0 Å². The normalized spacial score (nSPS) is 21.9. The molecule has 10 heteroatoms. The Balaban J connectivity index is 1.36. The number of carbonyl (C=O) groups is 1. The predicted octanol–water partition coefficient (Wildman–Crippen LogP) is 1.42. The van der Waals surface area contributed by atoms with E-state index < -0.39 is 15.9 Å². The number of aromatic nitrogens is 2. The van der Waals surface area contributed by atoms with E-state index in [2.05, 4.69) is 9.97 Å². The highest BCUT2D eigenvalue weighted by Gasteiger charge is 2.61. The molecular formula is C24H28N6O3S. The second kappa shape index (κ2) is 8.61. The van der Waals surface area contributed by atoms with Crippen LogP contribution in [0.3, 0.4) is 0 Å². The minimum Gasteiger partial charge on any atom is -0.366 e. The van der Waals surface area contributed by atoms with Crippen LogP contribution < -0.4 is 10.6 Å². The zero-order chi connectivity index (χ0) is 24.0. The van der Waals surface area contributed by atoms with Crippen LogP contribution in [0.1, 0.15) is 10.4 Å². The van der Waals surface area contributed by atoms with Crippen LogP contribution in [0.5, 0.6) is 0 Å². The van der Waals surface area contributed by atoms with Crippen molar-refractivity contribution in [3.05, 3.63) is 60.4 Å². The van der Waals surface area contributed by atoms with Crippen molar-refractivity contribution in [1.29, 1.82) is 0 Å². The minimum absolute atomic E-state index is 0.0439. The van der Waals surface area contributed by atoms with Crippen LogP contribution in [-0.4, -0.2) is 79.8 Å². The standard InChI is InChI=1S/C24H28N6O3S/c1-28(2)9-10-30(34(32,33)19-8-7-16-5-3-4-6-17(16)11-19)22-20-14-29(15-21(20)22)24-26-12-18(13-27-24)23(25)31/h3-8,11-13,20-22H,9-10,14-15H2,1-2H3,(H2,25,31). The zero-order valence-corrected chi connectivity index (χ0v) is 20.0. The summed E-state index contributed by atoms with van der Waals surface area (Å²) >= 11 is 0. The van der Waals surface area contributed by atoms with Gasteiger partial charge < -0.3 is 15.5 Å². The lowest BCUT2D eigenvalue weighted by Gasteiger charge is -2.28. The second-order valence-corrected chi connectivity index (χ2v) is 11.2. The molecular weight excluding hydrogens is 452 g/mol. The highest BCUT2D eigenvalue weighted by Crippen LogP contribution is 2.51. The maximum atomic E-state index is 13.8. The number of hydrogen-bond donors (Lipinski definition) is 1. The summed E-state index contributed by atoms with van der Waals surface area (Å²) in [4.78, 5) is 24.2. The molecule has 1 saturated heterocycles. The number of amides is 1. The van der Waals surface area contributed by atoms with E-state index >= 15 is 0 Å². The van der Waals surface area contributed by atoms with Gasteiger partial charge in [-0.3, -0.25) is 4.79 Å². The fourth-order valence-corrected chi connectivity index (χ4v) is 6.63. The molecule has 0 spiro atoms. The molecule has 0 bridgehead atoms. The largest absolute Gasteiger partial charge is 0.366 e. The van der Waals surface area contributed by atoms with E-state index in [-0.39, 0.29) is 23.4 Å². The molecule has 34 heavy (non-hydrogen) atoms. The first-order valence-corrected chi connectivity index (χ1v) is 12.7. The van der Waals surface area contributed by atoms with Crippen molar-refractivity contribution in [2.45, 2.75) is 10.9 Å². The Bertz CT molecular complexity index is 1320. The zero-order valence-electron chi connectivity index (χ0n) is 19.2.